The van der Waals surface area contributed by atoms with Crippen molar-refractivity contribution in [3.05, 3.63) is 36.0 Å². The fourth-order valence-corrected chi connectivity index (χ4v) is 4.97. The van der Waals surface area contributed by atoms with Crippen molar-refractivity contribution in [1.29, 1.82) is 0 Å². The van der Waals surface area contributed by atoms with E-state index in [0.29, 0.717) is 12.1 Å². The van der Waals surface area contributed by atoms with Crippen LogP contribution in [0.3, 0.4) is 0 Å². The average molecular weight is 359 g/mol. The number of para-hydroxylation sites is 1. The third kappa shape index (κ3) is 2.29. The number of benzene rings is 1. The first-order chi connectivity index (χ1) is 11.8. The van der Waals surface area contributed by atoms with Gasteiger partial charge in [0.1, 0.15) is 5.69 Å². The first-order valence-electron chi connectivity index (χ1n) is 8.41. The molecule has 1 saturated heterocycles. The van der Waals surface area contributed by atoms with Crippen LogP contribution in [0.2, 0.25) is 0 Å². The van der Waals surface area contributed by atoms with Gasteiger partial charge < -0.3 is 9.47 Å². The second-order valence-electron chi connectivity index (χ2n) is 6.86. The van der Waals surface area contributed by atoms with Crippen LogP contribution in [-0.2, 0) is 17.1 Å². The van der Waals surface area contributed by atoms with E-state index in [2.05, 4.69) is 0 Å². The first-order valence-corrected chi connectivity index (χ1v) is 10.3. The number of carbonyl (C=O) groups excluding carboxylic acids is 1. The number of fused-ring (bicyclic) bond motifs is 3. The van der Waals surface area contributed by atoms with Crippen molar-refractivity contribution in [3.8, 4) is 0 Å². The van der Waals surface area contributed by atoms with Crippen LogP contribution in [0.15, 0.2) is 30.3 Å². The summed E-state index contributed by atoms with van der Waals surface area (Å²) in [6.07, 6.45) is 3.06. The van der Waals surface area contributed by atoms with Crippen molar-refractivity contribution in [3.63, 3.8) is 0 Å². The molecule has 0 N–H and O–H groups in total. The van der Waals surface area contributed by atoms with E-state index in [1.165, 1.54) is 3.97 Å². The predicted octanol–water partition coefficient (Wildman–Crippen LogP) is 2.57. The lowest BCUT2D eigenvalue weighted by atomic mass is 10.2. The van der Waals surface area contributed by atoms with Gasteiger partial charge in [-0.3, -0.25) is 4.79 Å². The van der Waals surface area contributed by atoms with Crippen molar-refractivity contribution >= 4 is 37.9 Å². The number of likely N-dealkylation sites (tertiary alicyclic amines) is 1. The summed E-state index contributed by atoms with van der Waals surface area (Å²) in [7, 11) is -1.74. The van der Waals surface area contributed by atoms with Gasteiger partial charge in [-0.2, -0.15) is 0 Å². The molecule has 6 nitrogen and oxygen atoms in total. The van der Waals surface area contributed by atoms with Gasteiger partial charge in [0.15, 0.2) is 0 Å². The average Bonchev–Trinajstić information content (AvgIpc) is 3.22. The number of hydrogen-bond donors (Lipinski definition) is 0. The Kier molecular flexibility index (Phi) is 3.47. The van der Waals surface area contributed by atoms with Gasteiger partial charge in [0.05, 0.1) is 22.8 Å². The molecule has 4 rings (SSSR count). The van der Waals surface area contributed by atoms with Crippen LogP contribution < -0.4 is 0 Å². The van der Waals surface area contributed by atoms with E-state index in [-0.39, 0.29) is 17.6 Å². The van der Waals surface area contributed by atoms with E-state index in [4.69, 9.17) is 0 Å². The zero-order valence-electron chi connectivity index (χ0n) is 14.6. The van der Waals surface area contributed by atoms with E-state index in [0.717, 1.165) is 35.5 Å². The minimum atomic E-state index is -3.63. The van der Waals surface area contributed by atoms with E-state index in [1.54, 1.807) is 11.0 Å². The van der Waals surface area contributed by atoms with Gasteiger partial charge >= 0.3 is 0 Å². The molecule has 2 aromatic heterocycles. The van der Waals surface area contributed by atoms with E-state index < -0.39 is 10.0 Å². The van der Waals surface area contributed by atoms with Gasteiger partial charge in [-0.15, -0.1) is 0 Å². The molecule has 7 heteroatoms. The molecule has 132 valence electrons. The Labute approximate surface area is 146 Å². The smallest absolute Gasteiger partial charge is 0.271 e. The van der Waals surface area contributed by atoms with Crippen LogP contribution >= 0.6 is 0 Å². The van der Waals surface area contributed by atoms with E-state index >= 15 is 0 Å². The number of rotatable bonds is 2. The van der Waals surface area contributed by atoms with Crippen molar-refractivity contribution in [1.82, 2.24) is 13.4 Å². The fourth-order valence-electron chi connectivity index (χ4n) is 3.96. The Balaban J connectivity index is 2.06. The molecule has 0 bridgehead atoms. The first kappa shape index (κ1) is 16.2. The fraction of sp³-hybridized carbons (Fsp3) is 0.389. The third-order valence-electron chi connectivity index (χ3n) is 5.18. The highest BCUT2D eigenvalue weighted by Gasteiger charge is 2.32. The molecular weight excluding hydrogens is 338 g/mol. The molecule has 0 saturated carbocycles. The summed E-state index contributed by atoms with van der Waals surface area (Å²) in [5.74, 6) is -0.212. The lowest BCUT2D eigenvalue weighted by Gasteiger charge is -2.22. The maximum absolute atomic E-state index is 13.1. The summed E-state index contributed by atoms with van der Waals surface area (Å²) >= 11 is 0. The monoisotopic (exact) mass is 359 g/mol. The number of nitrogens with zero attached hydrogens (tertiary/aromatic N) is 3. The highest BCUT2D eigenvalue weighted by molar-refractivity contribution is 7.89. The molecule has 3 heterocycles. The SMILES string of the molecule is CC1CCCN1C(=O)c1cc2c(c3ccccc3n2C)n1S(C)(=O)=O. The maximum Gasteiger partial charge on any atom is 0.271 e. The Morgan fingerprint density at radius 3 is 2.56 bits per heavy atom. The second kappa shape index (κ2) is 5.36. The molecule has 0 radical (unpaired) electrons. The quantitative estimate of drug-likeness (QED) is 0.706. The van der Waals surface area contributed by atoms with Gasteiger partial charge in [0.25, 0.3) is 5.91 Å². The lowest BCUT2D eigenvalue weighted by Crippen LogP contribution is -2.35. The third-order valence-corrected chi connectivity index (χ3v) is 6.23. The molecule has 1 fully saturated rings. The predicted molar refractivity (Wildman–Crippen MR) is 98.4 cm³/mol. The largest absolute Gasteiger partial charge is 0.342 e. The molecule has 1 amide bonds. The summed E-state index contributed by atoms with van der Waals surface area (Å²) in [5.41, 5.74) is 2.50. The number of amides is 1. The number of aryl methyl sites for hydroxylation is 1. The highest BCUT2D eigenvalue weighted by Crippen LogP contribution is 2.33. The van der Waals surface area contributed by atoms with Crippen LogP contribution in [0.5, 0.6) is 0 Å². The van der Waals surface area contributed by atoms with Gasteiger partial charge in [-0.1, -0.05) is 18.2 Å². The molecular formula is C18H21N3O3S. The van der Waals surface area contributed by atoms with Gasteiger partial charge in [-0.25, -0.2) is 12.4 Å². The maximum atomic E-state index is 13.1. The van der Waals surface area contributed by atoms with Crippen LogP contribution in [-0.4, -0.2) is 46.6 Å². The van der Waals surface area contributed by atoms with Crippen molar-refractivity contribution in [2.45, 2.75) is 25.8 Å². The molecule has 1 atom stereocenters. The van der Waals surface area contributed by atoms with Crippen molar-refractivity contribution < 1.29 is 13.2 Å². The molecule has 0 spiro atoms. The summed E-state index contributed by atoms with van der Waals surface area (Å²) in [4.78, 5) is 14.8. The Morgan fingerprint density at radius 1 is 1.20 bits per heavy atom. The molecule has 3 aromatic rings. The minimum Gasteiger partial charge on any atom is -0.342 e. The molecule has 0 aliphatic carbocycles. The molecule has 25 heavy (non-hydrogen) atoms. The second-order valence-corrected chi connectivity index (χ2v) is 8.69. The Hall–Kier alpha value is -2.28. The molecule has 1 unspecified atom stereocenters. The number of carbonyl (C=O) groups is 1. The standard InChI is InChI=1S/C18H21N3O3S/c1-12-7-6-10-20(12)18(22)16-11-15-17(21(16)25(3,23)24)13-8-4-5-9-14(13)19(15)2/h4-5,8-9,11-12H,6-7,10H2,1-3H3. The van der Waals surface area contributed by atoms with Gasteiger partial charge in [-0.05, 0) is 31.9 Å². The van der Waals surface area contributed by atoms with Gasteiger partial charge in [0.2, 0.25) is 10.0 Å². The van der Waals surface area contributed by atoms with E-state index in [1.807, 2.05) is 42.8 Å². The lowest BCUT2D eigenvalue weighted by molar-refractivity contribution is 0.0741. The highest BCUT2D eigenvalue weighted by atomic mass is 32.2. The van der Waals surface area contributed by atoms with Gasteiger partial charge in [0, 0.05) is 25.0 Å². The molecule has 1 aliphatic heterocycles. The van der Waals surface area contributed by atoms with Crippen molar-refractivity contribution in [2.24, 2.45) is 7.05 Å². The zero-order valence-corrected chi connectivity index (χ0v) is 15.4. The Bertz CT molecular complexity index is 1110. The molecule has 1 aliphatic rings. The topological polar surface area (TPSA) is 64.3 Å². The van der Waals surface area contributed by atoms with E-state index in [9.17, 15) is 13.2 Å². The summed E-state index contributed by atoms with van der Waals surface area (Å²) in [6.45, 7) is 2.68. The summed E-state index contributed by atoms with van der Waals surface area (Å²) in [6, 6.07) is 9.49. The summed E-state index contributed by atoms with van der Waals surface area (Å²) < 4.78 is 28.3. The number of aromatic nitrogens is 2. The summed E-state index contributed by atoms with van der Waals surface area (Å²) in [5, 5.41) is 0.832. The Morgan fingerprint density at radius 2 is 1.92 bits per heavy atom. The van der Waals surface area contributed by atoms with Crippen LogP contribution in [0.1, 0.15) is 30.3 Å². The normalized spacial score (nSPS) is 18.5. The van der Waals surface area contributed by atoms with Crippen LogP contribution in [0.25, 0.3) is 21.9 Å². The zero-order chi connectivity index (χ0) is 17.9. The molecule has 1 aromatic carbocycles. The van der Waals surface area contributed by atoms with Crippen LogP contribution in [0.4, 0.5) is 0 Å². The number of hydrogen-bond acceptors (Lipinski definition) is 3. The van der Waals surface area contributed by atoms with Crippen LogP contribution in [0, 0.1) is 0 Å². The van der Waals surface area contributed by atoms with Crippen molar-refractivity contribution in [2.75, 3.05) is 12.8 Å². The minimum absolute atomic E-state index is 0.135.